The van der Waals surface area contributed by atoms with Crippen molar-refractivity contribution in [3.05, 3.63) is 143 Å². The normalized spacial score (nSPS) is 13.5. The first-order chi connectivity index (χ1) is 20.9. The zero-order chi connectivity index (χ0) is 29.9. The van der Waals surface area contributed by atoms with Gasteiger partial charge in [-0.25, -0.2) is 0 Å². The van der Waals surface area contributed by atoms with Gasteiger partial charge in [0, 0.05) is 42.6 Å². The molecule has 0 aliphatic carbocycles. The van der Waals surface area contributed by atoms with Crippen molar-refractivity contribution in [1.82, 2.24) is 9.80 Å². The minimum Gasteiger partial charge on any atom is -0.354 e. The van der Waals surface area contributed by atoms with Gasteiger partial charge >= 0.3 is 0 Å². The maximum absolute atomic E-state index is 13.7. The summed E-state index contributed by atoms with van der Waals surface area (Å²) in [5.41, 5.74) is 7.13. The number of fused-ring (bicyclic) bond motifs is 2. The van der Waals surface area contributed by atoms with E-state index in [0.29, 0.717) is 34.6 Å². The average molecular weight is 567 g/mol. The van der Waals surface area contributed by atoms with Gasteiger partial charge in [0.2, 0.25) is 0 Å². The Morgan fingerprint density at radius 2 is 1.47 bits per heavy atom. The summed E-state index contributed by atoms with van der Waals surface area (Å²) in [5.74, 6) is -0.320. The topological polar surface area (TPSA) is 64.7 Å². The van der Waals surface area contributed by atoms with Crippen molar-refractivity contribution in [2.75, 3.05) is 31.8 Å². The summed E-state index contributed by atoms with van der Waals surface area (Å²) in [5, 5.41) is 8.80. The number of nitrogens with zero attached hydrogens (tertiary/aromatic N) is 2. The second-order valence-corrected chi connectivity index (χ2v) is 11.2. The van der Waals surface area contributed by atoms with Crippen LogP contribution in [0.2, 0.25) is 0 Å². The van der Waals surface area contributed by atoms with Crippen LogP contribution in [0.5, 0.6) is 0 Å². The largest absolute Gasteiger partial charge is 0.354 e. The number of nitrogens with one attached hydrogen (secondary N) is 2. The lowest BCUT2D eigenvalue weighted by atomic mass is 9.98. The number of amides is 2. The van der Waals surface area contributed by atoms with Gasteiger partial charge in [-0.1, -0.05) is 84.9 Å². The van der Waals surface area contributed by atoms with E-state index in [0.717, 1.165) is 34.1 Å². The van der Waals surface area contributed by atoms with E-state index in [4.69, 9.17) is 0 Å². The van der Waals surface area contributed by atoms with E-state index < -0.39 is 0 Å². The van der Waals surface area contributed by atoms with E-state index in [2.05, 4.69) is 51.9 Å². The quantitative estimate of drug-likeness (QED) is 0.197. The summed E-state index contributed by atoms with van der Waals surface area (Å²) in [4.78, 5) is 31.0. The average Bonchev–Trinajstić information content (AvgIpc) is 3.35. The molecule has 0 fully saturated rings. The molecule has 5 aromatic rings. The first-order valence-corrected chi connectivity index (χ1v) is 14.4. The summed E-state index contributed by atoms with van der Waals surface area (Å²) >= 11 is 0. The minimum atomic E-state index is -0.209. The number of hydrogen-bond donors (Lipinski definition) is 2. The molecule has 2 amide bonds. The van der Waals surface area contributed by atoms with Crippen LogP contribution in [-0.2, 0) is 17.9 Å². The number of rotatable bonds is 8. The van der Waals surface area contributed by atoms with Crippen LogP contribution in [0.4, 0.5) is 11.4 Å². The Kier molecular flexibility index (Phi) is 7.77. The van der Waals surface area contributed by atoms with Crippen LogP contribution in [0.25, 0.3) is 22.0 Å². The third kappa shape index (κ3) is 5.92. The fourth-order valence-electron chi connectivity index (χ4n) is 5.61. The van der Waals surface area contributed by atoms with Crippen LogP contribution in [0.3, 0.4) is 0 Å². The monoisotopic (exact) mass is 566 g/mol. The molecule has 0 saturated heterocycles. The number of hydrogen-bond acceptors (Lipinski definition) is 4. The summed E-state index contributed by atoms with van der Waals surface area (Å²) in [6.45, 7) is 1.31. The molecule has 0 unspecified atom stereocenters. The lowest BCUT2D eigenvalue weighted by Crippen LogP contribution is -2.26. The number of benzene rings is 5. The van der Waals surface area contributed by atoms with E-state index in [1.165, 1.54) is 5.56 Å². The predicted octanol–water partition coefficient (Wildman–Crippen LogP) is 7.11. The molecule has 2 N–H and O–H groups in total. The number of anilines is 2. The van der Waals surface area contributed by atoms with Crippen LogP contribution >= 0.6 is 0 Å². The number of carbonyl (C=O) groups excluding carboxylic acids is 2. The molecule has 0 aromatic heterocycles. The van der Waals surface area contributed by atoms with Crippen LogP contribution < -0.4 is 10.6 Å². The molecular weight excluding hydrogens is 532 g/mol. The highest BCUT2D eigenvalue weighted by molar-refractivity contribution is 6.37. The highest BCUT2D eigenvalue weighted by Gasteiger charge is 2.30. The van der Waals surface area contributed by atoms with Gasteiger partial charge in [-0.05, 0) is 71.9 Å². The molecule has 0 radical (unpaired) electrons. The van der Waals surface area contributed by atoms with E-state index >= 15 is 0 Å². The minimum absolute atomic E-state index is 0.111. The summed E-state index contributed by atoms with van der Waals surface area (Å²) in [7, 11) is 5.90. The predicted molar refractivity (Wildman–Crippen MR) is 176 cm³/mol. The Morgan fingerprint density at radius 1 is 0.744 bits per heavy atom. The molecular formula is C37H34N4O2. The molecule has 6 rings (SSSR count). The van der Waals surface area contributed by atoms with Crippen molar-refractivity contribution in [3.63, 3.8) is 0 Å². The van der Waals surface area contributed by atoms with Crippen molar-refractivity contribution in [2.45, 2.75) is 13.1 Å². The zero-order valence-corrected chi connectivity index (χ0v) is 24.6. The molecule has 1 aliphatic heterocycles. The second-order valence-electron chi connectivity index (χ2n) is 11.2. The number of carbonyl (C=O) groups is 2. The van der Waals surface area contributed by atoms with E-state index in [1.807, 2.05) is 93.9 Å². The van der Waals surface area contributed by atoms with Gasteiger partial charge in [0.05, 0.1) is 11.3 Å². The van der Waals surface area contributed by atoms with E-state index in [9.17, 15) is 9.59 Å². The maximum Gasteiger partial charge on any atom is 0.258 e. The summed E-state index contributed by atoms with van der Waals surface area (Å²) in [6, 6.07) is 37.8. The molecule has 1 heterocycles. The van der Waals surface area contributed by atoms with Gasteiger partial charge in [0.1, 0.15) is 0 Å². The van der Waals surface area contributed by atoms with Crippen LogP contribution in [0.15, 0.2) is 115 Å². The van der Waals surface area contributed by atoms with Gasteiger partial charge in [0.25, 0.3) is 11.8 Å². The molecule has 43 heavy (non-hydrogen) atoms. The van der Waals surface area contributed by atoms with Gasteiger partial charge < -0.3 is 20.4 Å². The highest BCUT2D eigenvalue weighted by Crippen LogP contribution is 2.38. The highest BCUT2D eigenvalue weighted by atomic mass is 16.2. The maximum atomic E-state index is 13.7. The third-order valence-corrected chi connectivity index (χ3v) is 7.68. The van der Waals surface area contributed by atoms with E-state index in [-0.39, 0.29) is 11.8 Å². The smallest absolute Gasteiger partial charge is 0.258 e. The lowest BCUT2D eigenvalue weighted by Gasteiger charge is -2.19. The van der Waals surface area contributed by atoms with E-state index in [1.54, 1.807) is 11.0 Å². The van der Waals surface area contributed by atoms with Crippen LogP contribution in [-0.4, -0.2) is 42.8 Å². The van der Waals surface area contributed by atoms with Crippen molar-refractivity contribution >= 4 is 45.2 Å². The fourth-order valence-corrected chi connectivity index (χ4v) is 5.61. The standard InChI is InChI=1S/C37H34N4O2/c1-40(2)23-25-16-19-30(20-17-25)38-35(27-11-5-4-6-12-27)34-32-22-28(18-21-33(32)39-36(34)42)37(43)41(3)24-29-14-9-13-26-10-7-8-15-31(26)29/h4-22,38H,23-24H2,1-3H3,(H,39,42). The van der Waals surface area contributed by atoms with Crippen molar-refractivity contribution in [3.8, 4) is 0 Å². The molecule has 0 bridgehead atoms. The Bertz CT molecular complexity index is 1840. The van der Waals surface area contributed by atoms with Gasteiger partial charge in [-0.2, -0.15) is 0 Å². The molecule has 1 aliphatic rings. The first kappa shape index (κ1) is 27.9. The summed E-state index contributed by atoms with van der Waals surface area (Å²) in [6.07, 6.45) is 0. The molecule has 6 heteroatoms. The third-order valence-electron chi connectivity index (χ3n) is 7.68. The molecule has 214 valence electrons. The Balaban J connectivity index is 1.35. The first-order valence-electron chi connectivity index (χ1n) is 14.4. The van der Waals surface area contributed by atoms with Gasteiger partial charge in [0.15, 0.2) is 0 Å². The molecule has 0 atom stereocenters. The fraction of sp³-hybridized carbons (Fsp3) is 0.135. The molecule has 6 nitrogen and oxygen atoms in total. The molecule has 5 aromatic carbocycles. The van der Waals surface area contributed by atoms with Crippen molar-refractivity contribution < 1.29 is 9.59 Å². The van der Waals surface area contributed by atoms with Crippen molar-refractivity contribution in [2.24, 2.45) is 0 Å². The second kappa shape index (κ2) is 12.0. The van der Waals surface area contributed by atoms with Crippen LogP contribution in [0.1, 0.15) is 32.6 Å². The Hall–Kier alpha value is -5.20. The van der Waals surface area contributed by atoms with Gasteiger partial charge in [-0.15, -0.1) is 0 Å². The van der Waals surface area contributed by atoms with Crippen molar-refractivity contribution in [1.29, 1.82) is 0 Å². The molecule has 0 spiro atoms. The lowest BCUT2D eigenvalue weighted by molar-refractivity contribution is -0.110. The van der Waals surface area contributed by atoms with Crippen LogP contribution in [0, 0.1) is 0 Å². The zero-order valence-electron chi connectivity index (χ0n) is 24.6. The molecule has 0 saturated carbocycles. The Labute approximate surface area is 252 Å². The SMILES string of the molecule is CN(C)Cc1ccc(NC(=C2C(=O)Nc3ccc(C(=O)N(C)Cc4cccc5ccccc45)cc32)c2ccccc2)cc1. The van der Waals surface area contributed by atoms with Gasteiger partial charge in [-0.3, -0.25) is 9.59 Å². The Morgan fingerprint density at radius 3 is 2.23 bits per heavy atom. The summed E-state index contributed by atoms with van der Waals surface area (Å²) < 4.78 is 0.